The van der Waals surface area contributed by atoms with Gasteiger partial charge in [0.2, 0.25) is 5.91 Å². The molecule has 4 nitrogen and oxygen atoms in total. The third kappa shape index (κ3) is 3.29. The summed E-state index contributed by atoms with van der Waals surface area (Å²) in [7, 11) is 1.81. The van der Waals surface area contributed by atoms with Crippen molar-refractivity contribution in [3.05, 3.63) is 30.1 Å². The number of amides is 1. The molecule has 0 saturated heterocycles. The summed E-state index contributed by atoms with van der Waals surface area (Å²) in [6.45, 7) is 0.653. The fourth-order valence-electron chi connectivity index (χ4n) is 2.50. The largest absolute Gasteiger partial charge is 0.393 e. The standard InChI is InChI=1S/C14H20N2O2/c1-16(10-12-5-2-6-13(12)17)14(18)8-11-4-3-7-15-9-11/h3-4,7,9,12-13,17H,2,5-6,8,10H2,1H3. The number of aromatic nitrogens is 1. The van der Waals surface area contributed by atoms with E-state index in [0.29, 0.717) is 13.0 Å². The molecule has 1 saturated carbocycles. The fraction of sp³-hybridized carbons (Fsp3) is 0.571. The molecule has 98 valence electrons. The maximum Gasteiger partial charge on any atom is 0.226 e. The van der Waals surface area contributed by atoms with Crippen LogP contribution < -0.4 is 0 Å². The highest BCUT2D eigenvalue weighted by Gasteiger charge is 2.27. The van der Waals surface area contributed by atoms with Gasteiger partial charge in [0, 0.05) is 31.9 Å². The number of carbonyl (C=O) groups is 1. The second-order valence-electron chi connectivity index (χ2n) is 5.07. The van der Waals surface area contributed by atoms with Crippen molar-refractivity contribution in [2.75, 3.05) is 13.6 Å². The summed E-state index contributed by atoms with van der Waals surface area (Å²) in [4.78, 5) is 17.8. The topological polar surface area (TPSA) is 53.4 Å². The first-order valence-electron chi connectivity index (χ1n) is 6.47. The molecule has 1 heterocycles. The van der Waals surface area contributed by atoms with Gasteiger partial charge in [0.1, 0.15) is 0 Å². The van der Waals surface area contributed by atoms with Crippen molar-refractivity contribution in [3.63, 3.8) is 0 Å². The molecular weight excluding hydrogens is 228 g/mol. The van der Waals surface area contributed by atoms with Gasteiger partial charge in [0.15, 0.2) is 0 Å². The van der Waals surface area contributed by atoms with Gasteiger partial charge in [-0.15, -0.1) is 0 Å². The molecule has 0 radical (unpaired) electrons. The zero-order valence-electron chi connectivity index (χ0n) is 10.7. The lowest BCUT2D eigenvalue weighted by molar-refractivity contribution is -0.130. The highest BCUT2D eigenvalue weighted by Crippen LogP contribution is 2.26. The van der Waals surface area contributed by atoms with Gasteiger partial charge in [-0.2, -0.15) is 0 Å². The Balaban J connectivity index is 1.85. The summed E-state index contributed by atoms with van der Waals surface area (Å²) in [5, 5.41) is 9.76. The first-order chi connectivity index (χ1) is 8.66. The fourth-order valence-corrected chi connectivity index (χ4v) is 2.50. The SMILES string of the molecule is CN(CC1CCCC1O)C(=O)Cc1cccnc1. The molecule has 1 aliphatic rings. The molecule has 2 unspecified atom stereocenters. The van der Waals surface area contributed by atoms with E-state index in [2.05, 4.69) is 4.98 Å². The number of hydrogen-bond acceptors (Lipinski definition) is 3. The summed E-state index contributed by atoms with van der Waals surface area (Å²) in [5.41, 5.74) is 0.932. The van der Waals surface area contributed by atoms with Gasteiger partial charge in [-0.25, -0.2) is 0 Å². The molecule has 1 fully saturated rings. The zero-order chi connectivity index (χ0) is 13.0. The first-order valence-corrected chi connectivity index (χ1v) is 6.47. The molecule has 0 spiro atoms. The van der Waals surface area contributed by atoms with Crippen LogP contribution in [-0.4, -0.2) is 40.6 Å². The van der Waals surface area contributed by atoms with Crippen LogP contribution in [0.3, 0.4) is 0 Å². The lowest BCUT2D eigenvalue weighted by Crippen LogP contribution is -2.35. The molecule has 1 aromatic rings. The van der Waals surface area contributed by atoms with E-state index in [4.69, 9.17) is 0 Å². The number of aliphatic hydroxyl groups excluding tert-OH is 1. The average molecular weight is 248 g/mol. The van der Waals surface area contributed by atoms with Crippen molar-refractivity contribution >= 4 is 5.91 Å². The van der Waals surface area contributed by atoms with Crippen LogP contribution in [0, 0.1) is 5.92 Å². The quantitative estimate of drug-likeness (QED) is 0.872. The van der Waals surface area contributed by atoms with Crippen LogP contribution in [0.1, 0.15) is 24.8 Å². The Labute approximate surface area is 108 Å². The van der Waals surface area contributed by atoms with Crippen molar-refractivity contribution in [3.8, 4) is 0 Å². The molecule has 4 heteroatoms. The summed E-state index contributed by atoms with van der Waals surface area (Å²) < 4.78 is 0. The minimum Gasteiger partial charge on any atom is -0.393 e. The molecule has 1 N–H and O–H groups in total. The highest BCUT2D eigenvalue weighted by atomic mass is 16.3. The maximum atomic E-state index is 12.0. The summed E-state index contributed by atoms with van der Waals surface area (Å²) >= 11 is 0. The van der Waals surface area contributed by atoms with Crippen LogP contribution in [0.25, 0.3) is 0 Å². The van der Waals surface area contributed by atoms with Gasteiger partial charge >= 0.3 is 0 Å². The van der Waals surface area contributed by atoms with E-state index in [1.54, 1.807) is 17.3 Å². The van der Waals surface area contributed by atoms with Crippen LogP contribution in [0.5, 0.6) is 0 Å². The summed E-state index contributed by atoms with van der Waals surface area (Å²) in [5.74, 6) is 0.329. The second-order valence-corrected chi connectivity index (χ2v) is 5.07. The number of hydrogen-bond donors (Lipinski definition) is 1. The van der Waals surface area contributed by atoms with Gasteiger partial charge in [-0.05, 0) is 24.5 Å². The van der Waals surface area contributed by atoms with Crippen molar-refractivity contribution in [2.24, 2.45) is 5.92 Å². The summed E-state index contributed by atoms with van der Waals surface area (Å²) in [6, 6.07) is 3.74. The van der Waals surface area contributed by atoms with E-state index in [-0.39, 0.29) is 17.9 Å². The van der Waals surface area contributed by atoms with Gasteiger partial charge < -0.3 is 10.0 Å². The smallest absolute Gasteiger partial charge is 0.226 e. The molecule has 0 bridgehead atoms. The Morgan fingerprint density at radius 3 is 3.00 bits per heavy atom. The van der Waals surface area contributed by atoms with E-state index in [1.165, 1.54) is 0 Å². The van der Waals surface area contributed by atoms with E-state index < -0.39 is 0 Å². The molecule has 0 aliphatic heterocycles. The molecular formula is C14H20N2O2. The third-order valence-corrected chi connectivity index (χ3v) is 3.63. The van der Waals surface area contributed by atoms with Crippen molar-refractivity contribution in [1.29, 1.82) is 0 Å². The van der Waals surface area contributed by atoms with E-state index in [9.17, 15) is 9.90 Å². The van der Waals surface area contributed by atoms with Gasteiger partial charge in [-0.1, -0.05) is 12.5 Å². The van der Waals surface area contributed by atoms with Gasteiger partial charge in [0.25, 0.3) is 0 Å². The third-order valence-electron chi connectivity index (χ3n) is 3.63. The van der Waals surface area contributed by atoms with E-state index in [1.807, 2.05) is 19.2 Å². The number of nitrogens with zero attached hydrogens (tertiary/aromatic N) is 2. The minimum absolute atomic E-state index is 0.0853. The molecule has 0 aromatic carbocycles. The Morgan fingerprint density at radius 1 is 1.56 bits per heavy atom. The number of carbonyl (C=O) groups excluding carboxylic acids is 1. The zero-order valence-corrected chi connectivity index (χ0v) is 10.7. The number of rotatable bonds is 4. The molecule has 18 heavy (non-hydrogen) atoms. The van der Waals surface area contributed by atoms with Crippen molar-refractivity contribution in [1.82, 2.24) is 9.88 Å². The predicted octanol–water partition coefficient (Wildman–Crippen LogP) is 1.24. The Kier molecular flexibility index (Phi) is 4.31. The lowest BCUT2D eigenvalue weighted by Gasteiger charge is -2.23. The second kappa shape index (κ2) is 5.96. The number of pyridine rings is 1. The molecule has 2 atom stereocenters. The predicted molar refractivity (Wildman–Crippen MR) is 68.9 cm³/mol. The molecule has 1 amide bonds. The van der Waals surface area contributed by atoms with Crippen LogP contribution in [0.15, 0.2) is 24.5 Å². The highest BCUT2D eigenvalue weighted by molar-refractivity contribution is 5.78. The normalized spacial score (nSPS) is 23.0. The molecule has 1 aliphatic carbocycles. The van der Waals surface area contributed by atoms with Crippen LogP contribution in [0.2, 0.25) is 0 Å². The van der Waals surface area contributed by atoms with E-state index >= 15 is 0 Å². The molecule has 1 aromatic heterocycles. The van der Waals surface area contributed by atoms with Gasteiger partial charge in [-0.3, -0.25) is 9.78 Å². The van der Waals surface area contributed by atoms with Crippen molar-refractivity contribution < 1.29 is 9.90 Å². The van der Waals surface area contributed by atoms with Crippen LogP contribution in [-0.2, 0) is 11.2 Å². The molecule has 2 rings (SSSR count). The maximum absolute atomic E-state index is 12.0. The van der Waals surface area contributed by atoms with Crippen LogP contribution in [0.4, 0.5) is 0 Å². The monoisotopic (exact) mass is 248 g/mol. The van der Waals surface area contributed by atoms with Gasteiger partial charge in [0.05, 0.1) is 12.5 Å². The Morgan fingerprint density at radius 2 is 2.39 bits per heavy atom. The van der Waals surface area contributed by atoms with Crippen molar-refractivity contribution in [2.45, 2.75) is 31.8 Å². The average Bonchev–Trinajstić information content (AvgIpc) is 2.76. The number of likely N-dealkylation sites (N-methyl/N-ethyl adjacent to an activating group) is 1. The lowest BCUT2D eigenvalue weighted by atomic mass is 10.1. The summed E-state index contributed by atoms with van der Waals surface area (Å²) in [6.07, 6.45) is 6.52. The first kappa shape index (κ1) is 13.0. The Bertz CT molecular complexity index is 394. The Hall–Kier alpha value is -1.42. The minimum atomic E-state index is -0.237. The van der Waals surface area contributed by atoms with E-state index in [0.717, 1.165) is 24.8 Å². The van der Waals surface area contributed by atoms with Crippen LogP contribution >= 0.6 is 0 Å². The number of aliphatic hydroxyl groups is 1.